The Balaban J connectivity index is 2.41. The summed E-state index contributed by atoms with van der Waals surface area (Å²) < 4.78 is 18.0. The molecule has 0 saturated carbocycles. The molecule has 0 saturated heterocycles. The summed E-state index contributed by atoms with van der Waals surface area (Å²) in [5, 5.41) is 0. The van der Waals surface area contributed by atoms with Gasteiger partial charge in [0.2, 0.25) is 0 Å². The van der Waals surface area contributed by atoms with Gasteiger partial charge in [-0.3, -0.25) is 4.79 Å². The van der Waals surface area contributed by atoms with Gasteiger partial charge in [0.05, 0.1) is 0 Å². The summed E-state index contributed by atoms with van der Waals surface area (Å²) in [4.78, 5) is 11.4. The highest BCUT2D eigenvalue weighted by atomic mass is 19.1. The minimum atomic E-state index is -0.308. The molecule has 0 radical (unpaired) electrons. The van der Waals surface area contributed by atoms with Crippen LogP contribution in [0.1, 0.15) is 18.4 Å². The van der Waals surface area contributed by atoms with Crippen molar-refractivity contribution < 1.29 is 13.9 Å². The van der Waals surface area contributed by atoms with E-state index in [2.05, 4.69) is 0 Å². The fourth-order valence-corrected chi connectivity index (χ4v) is 1.36. The Bertz CT molecular complexity index is 323. The first-order valence-corrected chi connectivity index (χ1v) is 4.98. The van der Waals surface area contributed by atoms with Crippen molar-refractivity contribution in [3.63, 3.8) is 0 Å². The van der Waals surface area contributed by atoms with E-state index in [-0.39, 0.29) is 18.0 Å². The molecule has 0 aliphatic rings. The number of rotatable bonds is 6. The summed E-state index contributed by atoms with van der Waals surface area (Å²) in [5.41, 5.74) is 0.472. The quantitative estimate of drug-likeness (QED) is 0.674. The molecule has 0 bridgehead atoms. The van der Waals surface area contributed by atoms with Gasteiger partial charge in [-0.15, -0.1) is 0 Å². The third-order valence-electron chi connectivity index (χ3n) is 2.15. The van der Waals surface area contributed by atoms with E-state index in [9.17, 15) is 9.18 Å². The highest BCUT2D eigenvalue weighted by Gasteiger charge is 2.06. The minimum absolute atomic E-state index is 0.0529. The van der Waals surface area contributed by atoms with Crippen LogP contribution in [0, 0.1) is 5.82 Å². The Morgan fingerprint density at radius 1 is 1.40 bits per heavy atom. The first-order valence-electron chi connectivity index (χ1n) is 4.98. The zero-order valence-corrected chi connectivity index (χ0v) is 8.83. The SMILES string of the molecule is COCCCC(=O)Cc1ccccc1F. The lowest BCUT2D eigenvalue weighted by Gasteiger charge is -2.02. The van der Waals surface area contributed by atoms with E-state index in [0.29, 0.717) is 25.0 Å². The summed E-state index contributed by atoms with van der Waals surface area (Å²) in [6.45, 7) is 0.572. The Morgan fingerprint density at radius 2 is 2.13 bits per heavy atom. The number of Topliss-reactive ketones (excluding diaryl/α,β-unsaturated/α-hetero) is 1. The molecule has 0 amide bonds. The zero-order chi connectivity index (χ0) is 11.1. The van der Waals surface area contributed by atoms with Crippen molar-refractivity contribution in [2.45, 2.75) is 19.3 Å². The Labute approximate surface area is 89.1 Å². The minimum Gasteiger partial charge on any atom is -0.385 e. The lowest BCUT2D eigenvalue weighted by Crippen LogP contribution is -2.05. The lowest BCUT2D eigenvalue weighted by atomic mass is 10.1. The van der Waals surface area contributed by atoms with E-state index < -0.39 is 0 Å². The third-order valence-corrected chi connectivity index (χ3v) is 2.15. The fraction of sp³-hybridized carbons (Fsp3) is 0.417. The van der Waals surface area contributed by atoms with Crippen molar-refractivity contribution in [3.05, 3.63) is 35.6 Å². The monoisotopic (exact) mass is 210 g/mol. The molecule has 0 aliphatic heterocycles. The van der Waals surface area contributed by atoms with Crippen LogP contribution in [0.4, 0.5) is 4.39 Å². The number of carbonyl (C=O) groups excluding carboxylic acids is 1. The van der Waals surface area contributed by atoms with Gasteiger partial charge >= 0.3 is 0 Å². The van der Waals surface area contributed by atoms with Gasteiger partial charge < -0.3 is 4.74 Å². The smallest absolute Gasteiger partial charge is 0.137 e. The van der Waals surface area contributed by atoms with E-state index in [4.69, 9.17) is 4.74 Å². The lowest BCUT2D eigenvalue weighted by molar-refractivity contribution is -0.118. The second-order valence-electron chi connectivity index (χ2n) is 3.40. The maximum atomic E-state index is 13.2. The maximum absolute atomic E-state index is 13.2. The van der Waals surface area contributed by atoms with Crippen molar-refractivity contribution in [2.75, 3.05) is 13.7 Å². The largest absolute Gasteiger partial charge is 0.385 e. The Kier molecular flexibility index (Phi) is 4.98. The number of benzene rings is 1. The van der Waals surface area contributed by atoms with Crippen LogP contribution in [0.2, 0.25) is 0 Å². The predicted octanol–water partition coefficient (Wildman–Crippen LogP) is 2.36. The molecule has 0 fully saturated rings. The van der Waals surface area contributed by atoms with Crippen molar-refractivity contribution >= 4 is 5.78 Å². The molecule has 0 heterocycles. The molecule has 1 aromatic carbocycles. The van der Waals surface area contributed by atoms with E-state index >= 15 is 0 Å². The first kappa shape index (κ1) is 11.9. The number of carbonyl (C=O) groups is 1. The van der Waals surface area contributed by atoms with Gasteiger partial charge in [0, 0.05) is 26.6 Å². The van der Waals surface area contributed by atoms with Crippen molar-refractivity contribution in [2.24, 2.45) is 0 Å². The summed E-state index contributed by atoms with van der Waals surface area (Å²) in [6, 6.07) is 6.37. The molecular weight excluding hydrogens is 195 g/mol. The summed E-state index contributed by atoms with van der Waals surface area (Å²) >= 11 is 0. The average molecular weight is 210 g/mol. The van der Waals surface area contributed by atoms with Gasteiger partial charge in [0.1, 0.15) is 11.6 Å². The van der Waals surface area contributed by atoms with Gasteiger partial charge in [0.15, 0.2) is 0 Å². The van der Waals surface area contributed by atoms with Gasteiger partial charge in [-0.25, -0.2) is 4.39 Å². The van der Waals surface area contributed by atoms with Gasteiger partial charge in [-0.05, 0) is 18.1 Å². The molecule has 82 valence electrons. The normalized spacial score (nSPS) is 10.3. The Hall–Kier alpha value is -1.22. The number of ketones is 1. The molecule has 2 nitrogen and oxygen atoms in total. The number of halogens is 1. The second-order valence-corrected chi connectivity index (χ2v) is 3.40. The van der Waals surface area contributed by atoms with Crippen LogP contribution in [0.5, 0.6) is 0 Å². The number of ether oxygens (including phenoxy) is 1. The van der Waals surface area contributed by atoms with Crippen LogP contribution in [-0.2, 0) is 16.0 Å². The molecule has 0 N–H and O–H groups in total. The highest BCUT2D eigenvalue weighted by molar-refractivity contribution is 5.80. The molecule has 0 atom stereocenters. The molecule has 0 aromatic heterocycles. The average Bonchev–Trinajstić information content (AvgIpc) is 2.22. The molecule has 1 rings (SSSR count). The predicted molar refractivity (Wildman–Crippen MR) is 56.2 cm³/mol. The summed E-state index contributed by atoms with van der Waals surface area (Å²) in [7, 11) is 1.60. The number of methoxy groups -OCH3 is 1. The standard InChI is InChI=1S/C12H15FO2/c1-15-8-4-6-11(14)9-10-5-2-3-7-12(10)13/h2-3,5,7H,4,6,8-9H2,1H3. The molecule has 3 heteroatoms. The summed E-state index contributed by atoms with van der Waals surface area (Å²) in [5.74, 6) is -0.255. The van der Waals surface area contributed by atoms with Crippen LogP contribution in [0.15, 0.2) is 24.3 Å². The molecule has 0 spiro atoms. The topological polar surface area (TPSA) is 26.3 Å². The van der Waals surface area contributed by atoms with E-state index in [1.807, 2.05) is 0 Å². The molecule has 15 heavy (non-hydrogen) atoms. The van der Waals surface area contributed by atoms with Crippen LogP contribution < -0.4 is 0 Å². The maximum Gasteiger partial charge on any atom is 0.137 e. The van der Waals surface area contributed by atoms with Gasteiger partial charge in [-0.1, -0.05) is 18.2 Å². The van der Waals surface area contributed by atoms with Gasteiger partial charge in [0.25, 0.3) is 0 Å². The molecular formula is C12H15FO2. The molecule has 0 unspecified atom stereocenters. The van der Waals surface area contributed by atoms with E-state index in [1.165, 1.54) is 6.07 Å². The van der Waals surface area contributed by atoms with E-state index in [1.54, 1.807) is 25.3 Å². The van der Waals surface area contributed by atoms with E-state index in [0.717, 1.165) is 0 Å². The highest BCUT2D eigenvalue weighted by Crippen LogP contribution is 2.08. The zero-order valence-electron chi connectivity index (χ0n) is 8.83. The van der Waals surface area contributed by atoms with Crippen LogP contribution in [0.25, 0.3) is 0 Å². The van der Waals surface area contributed by atoms with Crippen LogP contribution in [-0.4, -0.2) is 19.5 Å². The summed E-state index contributed by atoms with van der Waals surface area (Å²) in [6.07, 6.45) is 1.32. The number of hydrogen-bond acceptors (Lipinski definition) is 2. The van der Waals surface area contributed by atoms with Gasteiger partial charge in [-0.2, -0.15) is 0 Å². The first-order chi connectivity index (χ1) is 7.24. The molecule has 1 aromatic rings. The van der Waals surface area contributed by atoms with Crippen LogP contribution in [0.3, 0.4) is 0 Å². The third kappa shape index (κ3) is 4.21. The van der Waals surface area contributed by atoms with Crippen molar-refractivity contribution in [3.8, 4) is 0 Å². The number of hydrogen-bond donors (Lipinski definition) is 0. The Morgan fingerprint density at radius 3 is 2.80 bits per heavy atom. The molecule has 0 aliphatic carbocycles. The van der Waals surface area contributed by atoms with Crippen LogP contribution >= 0.6 is 0 Å². The van der Waals surface area contributed by atoms with Crippen molar-refractivity contribution in [1.29, 1.82) is 0 Å². The van der Waals surface area contributed by atoms with Crippen molar-refractivity contribution in [1.82, 2.24) is 0 Å². The fourth-order valence-electron chi connectivity index (χ4n) is 1.36. The second kappa shape index (κ2) is 6.30.